The molecule has 3 aromatic rings. The van der Waals surface area contributed by atoms with Crippen LogP contribution < -0.4 is 10.6 Å². The van der Waals surface area contributed by atoms with Gasteiger partial charge in [-0.15, -0.1) is 10.2 Å². The normalized spacial score (nSPS) is 11.5. The maximum atomic E-state index is 12.0. The number of aryl methyl sites for hydroxylation is 1. The highest BCUT2D eigenvalue weighted by atomic mass is 32.2. The van der Waals surface area contributed by atoms with Crippen molar-refractivity contribution in [2.24, 2.45) is 0 Å². The SMILES string of the molecule is Cc1nn(-c2ccc(Nc3ccc(NC(=O)CN(C)S(C)(=O)=O)cc3)nn2)c(C)c1C. The molecule has 31 heavy (non-hydrogen) atoms. The van der Waals surface area contributed by atoms with Crippen molar-refractivity contribution in [1.29, 1.82) is 0 Å². The summed E-state index contributed by atoms with van der Waals surface area (Å²) in [6.07, 6.45) is 1.05. The zero-order chi connectivity index (χ0) is 22.8. The first kappa shape index (κ1) is 22.4. The van der Waals surface area contributed by atoms with Gasteiger partial charge >= 0.3 is 0 Å². The third-order valence-corrected chi connectivity index (χ3v) is 6.16. The number of amides is 1. The van der Waals surface area contributed by atoms with E-state index in [1.54, 1.807) is 28.9 Å². The van der Waals surface area contributed by atoms with E-state index >= 15 is 0 Å². The van der Waals surface area contributed by atoms with Crippen LogP contribution >= 0.6 is 0 Å². The van der Waals surface area contributed by atoms with Gasteiger partial charge in [0.25, 0.3) is 0 Å². The molecule has 0 unspecified atom stereocenters. The molecule has 0 fully saturated rings. The van der Waals surface area contributed by atoms with Gasteiger partial charge in [-0.1, -0.05) is 0 Å². The van der Waals surface area contributed by atoms with Crippen molar-refractivity contribution < 1.29 is 13.2 Å². The molecule has 0 spiro atoms. The van der Waals surface area contributed by atoms with Crippen LogP contribution in [-0.2, 0) is 14.8 Å². The van der Waals surface area contributed by atoms with Crippen molar-refractivity contribution in [3.8, 4) is 5.82 Å². The summed E-state index contributed by atoms with van der Waals surface area (Å²) in [5, 5.41) is 18.7. The summed E-state index contributed by atoms with van der Waals surface area (Å²) in [7, 11) is -2.06. The molecule has 0 saturated heterocycles. The Kier molecular flexibility index (Phi) is 6.37. The summed E-state index contributed by atoms with van der Waals surface area (Å²) in [6, 6.07) is 10.6. The fourth-order valence-corrected chi connectivity index (χ4v) is 3.11. The van der Waals surface area contributed by atoms with E-state index in [9.17, 15) is 13.2 Å². The molecule has 164 valence electrons. The van der Waals surface area contributed by atoms with Gasteiger partial charge in [-0.25, -0.2) is 13.1 Å². The Labute approximate surface area is 181 Å². The lowest BCUT2D eigenvalue weighted by Crippen LogP contribution is -2.34. The fourth-order valence-electron chi connectivity index (χ4n) is 2.75. The van der Waals surface area contributed by atoms with E-state index in [2.05, 4.69) is 25.9 Å². The molecular formula is C20H25N7O3S. The van der Waals surface area contributed by atoms with Gasteiger partial charge in [-0.3, -0.25) is 4.79 Å². The second kappa shape index (κ2) is 8.82. The van der Waals surface area contributed by atoms with Crippen molar-refractivity contribution in [3.05, 3.63) is 53.3 Å². The molecule has 2 heterocycles. The highest BCUT2D eigenvalue weighted by Gasteiger charge is 2.15. The van der Waals surface area contributed by atoms with Crippen LogP contribution in [0.4, 0.5) is 17.2 Å². The summed E-state index contributed by atoms with van der Waals surface area (Å²) < 4.78 is 25.5. The summed E-state index contributed by atoms with van der Waals surface area (Å²) in [5.74, 6) is 0.777. The molecule has 1 amide bonds. The Morgan fingerprint density at radius 2 is 1.68 bits per heavy atom. The van der Waals surface area contributed by atoms with Crippen molar-refractivity contribution in [2.45, 2.75) is 20.8 Å². The highest BCUT2D eigenvalue weighted by molar-refractivity contribution is 7.88. The van der Waals surface area contributed by atoms with E-state index in [4.69, 9.17) is 0 Å². The molecule has 0 bridgehead atoms. The third kappa shape index (κ3) is 5.44. The van der Waals surface area contributed by atoms with Crippen LogP contribution in [0.15, 0.2) is 36.4 Å². The Hall–Kier alpha value is -3.31. The minimum absolute atomic E-state index is 0.254. The molecular weight excluding hydrogens is 418 g/mol. The lowest BCUT2D eigenvalue weighted by molar-refractivity contribution is -0.116. The smallest absolute Gasteiger partial charge is 0.239 e. The molecule has 0 aliphatic rings. The Bertz CT molecular complexity index is 1190. The minimum Gasteiger partial charge on any atom is -0.339 e. The number of rotatable bonds is 7. The number of sulfonamides is 1. The van der Waals surface area contributed by atoms with Crippen LogP contribution in [-0.4, -0.2) is 58.5 Å². The lowest BCUT2D eigenvalue weighted by Gasteiger charge is -2.14. The molecule has 0 aliphatic carbocycles. The molecule has 10 nitrogen and oxygen atoms in total. The van der Waals surface area contributed by atoms with Gasteiger partial charge in [0.2, 0.25) is 15.9 Å². The molecule has 3 rings (SSSR count). The van der Waals surface area contributed by atoms with Crippen LogP contribution in [0.3, 0.4) is 0 Å². The number of hydrogen-bond donors (Lipinski definition) is 2. The van der Waals surface area contributed by atoms with E-state index < -0.39 is 15.9 Å². The van der Waals surface area contributed by atoms with Crippen LogP contribution in [0.25, 0.3) is 5.82 Å². The number of aromatic nitrogens is 4. The number of likely N-dealkylation sites (N-methyl/N-ethyl adjacent to an activating group) is 1. The number of hydrogen-bond acceptors (Lipinski definition) is 7. The predicted molar refractivity (Wildman–Crippen MR) is 119 cm³/mol. The van der Waals surface area contributed by atoms with Gasteiger partial charge in [0, 0.05) is 24.1 Å². The highest BCUT2D eigenvalue weighted by Crippen LogP contribution is 2.19. The van der Waals surface area contributed by atoms with Gasteiger partial charge in [0.05, 0.1) is 18.5 Å². The quantitative estimate of drug-likeness (QED) is 0.574. The van der Waals surface area contributed by atoms with E-state index in [1.165, 1.54) is 7.05 Å². The van der Waals surface area contributed by atoms with Crippen molar-refractivity contribution in [1.82, 2.24) is 24.3 Å². The number of nitrogens with one attached hydrogen (secondary N) is 2. The average Bonchev–Trinajstić information content (AvgIpc) is 2.96. The summed E-state index contributed by atoms with van der Waals surface area (Å²) in [4.78, 5) is 12.0. The second-order valence-electron chi connectivity index (χ2n) is 7.25. The van der Waals surface area contributed by atoms with Crippen LogP contribution in [0.2, 0.25) is 0 Å². The molecule has 11 heteroatoms. The van der Waals surface area contributed by atoms with E-state index in [0.717, 1.165) is 33.2 Å². The second-order valence-corrected chi connectivity index (χ2v) is 9.34. The van der Waals surface area contributed by atoms with Crippen LogP contribution in [0.5, 0.6) is 0 Å². The summed E-state index contributed by atoms with van der Waals surface area (Å²) in [6.45, 7) is 5.71. The van der Waals surface area contributed by atoms with Crippen LogP contribution in [0, 0.1) is 20.8 Å². The van der Waals surface area contributed by atoms with Gasteiger partial charge in [0.15, 0.2) is 11.6 Å². The van der Waals surface area contributed by atoms with Crippen LogP contribution in [0.1, 0.15) is 17.0 Å². The third-order valence-electron chi connectivity index (χ3n) is 4.89. The summed E-state index contributed by atoms with van der Waals surface area (Å²) in [5.41, 5.74) is 4.41. The van der Waals surface area contributed by atoms with E-state index in [1.807, 2.05) is 32.9 Å². The number of benzene rings is 1. The largest absolute Gasteiger partial charge is 0.339 e. The lowest BCUT2D eigenvalue weighted by atomic mass is 10.2. The average molecular weight is 444 g/mol. The molecule has 0 aliphatic heterocycles. The minimum atomic E-state index is -3.41. The van der Waals surface area contributed by atoms with Crippen molar-refractivity contribution >= 4 is 33.1 Å². The Morgan fingerprint density at radius 1 is 1.03 bits per heavy atom. The zero-order valence-corrected chi connectivity index (χ0v) is 18.9. The molecule has 2 N–H and O–H groups in total. The Balaban J connectivity index is 1.62. The number of anilines is 3. The predicted octanol–water partition coefficient (Wildman–Crippen LogP) is 2.16. The van der Waals surface area contributed by atoms with E-state index in [-0.39, 0.29) is 6.54 Å². The van der Waals surface area contributed by atoms with Crippen molar-refractivity contribution in [3.63, 3.8) is 0 Å². The molecule has 0 radical (unpaired) electrons. The number of carbonyl (C=O) groups excluding carboxylic acids is 1. The van der Waals surface area contributed by atoms with Crippen molar-refractivity contribution in [2.75, 3.05) is 30.5 Å². The first-order valence-corrected chi connectivity index (χ1v) is 11.3. The molecule has 2 aromatic heterocycles. The molecule has 0 atom stereocenters. The number of carbonyl (C=O) groups is 1. The monoisotopic (exact) mass is 443 g/mol. The molecule has 1 aromatic carbocycles. The Morgan fingerprint density at radius 3 is 2.19 bits per heavy atom. The molecule has 0 saturated carbocycles. The van der Waals surface area contributed by atoms with Gasteiger partial charge in [-0.05, 0) is 62.7 Å². The van der Waals surface area contributed by atoms with Gasteiger partial charge in [-0.2, -0.15) is 9.40 Å². The van der Waals surface area contributed by atoms with E-state index in [0.29, 0.717) is 17.3 Å². The summed E-state index contributed by atoms with van der Waals surface area (Å²) >= 11 is 0. The van der Waals surface area contributed by atoms with Gasteiger partial charge in [0.1, 0.15) is 0 Å². The first-order chi connectivity index (χ1) is 14.5. The maximum Gasteiger partial charge on any atom is 0.239 e. The van der Waals surface area contributed by atoms with Gasteiger partial charge < -0.3 is 10.6 Å². The maximum absolute atomic E-state index is 12.0. The fraction of sp³-hybridized carbons (Fsp3) is 0.300. The topological polar surface area (TPSA) is 122 Å². The number of nitrogens with zero attached hydrogens (tertiary/aromatic N) is 5. The first-order valence-electron chi connectivity index (χ1n) is 9.50. The zero-order valence-electron chi connectivity index (χ0n) is 18.0. The standard InChI is InChI=1S/C20H25N7O3S/c1-13-14(2)25-27(15(13)3)19-11-10-18(23-24-19)21-16-6-8-17(9-7-16)22-20(28)12-26(4)31(5,29)30/h6-11H,12H2,1-5H3,(H,21,23)(H,22,28).